The molecule has 0 aliphatic heterocycles. The minimum absolute atomic E-state index is 0.0343. The molecule has 8 heteroatoms. The van der Waals surface area contributed by atoms with Crippen LogP contribution >= 0.6 is 0 Å². The van der Waals surface area contributed by atoms with Crippen molar-refractivity contribution in [2.45, 2.75) is 19.1 Å². The van der Waals surface area contributed by atoms with E-state index in [0.29, 0.717) is 0 Å². The second-order valence-electron chi connectivity index (χ2n) is 4.09. The molecule has 112 valence electrons. The molecule has 3 N–H and O–H groups in total. The number of urea groups is 1. The fraction of sp³-hybridized carbons (Fsp3) is 0.417. The average molecular weight is 292 g/mol. The summed E-state index contributed by atoms with van der Waals surface area (Å²) in [5, 5.41) is 13.1. The second-order valence-corrected chi connectivity index (χ2v) is 4.09. The third-order valence-corrected chi connectivity index (χ3v) is 2.43. The zero-order chi connectivity index (χ0) is 15.3. The third-order valence-electron chi connectivity index (χ3n) is 2.43. The van der Waals surface area contributed by atoms with Crippen molar-refractivity contribution in [3.63, 3.8) is 0 Å². The van der Waals surface area contributed by atoms with Crippen LogP contribution in [0.5, 0.6) is 5.75 Å². The Balaban J connectivity index is 2.97. The Labute approximate surface area is 113 Å². The predicted molar refractivity (Wildman–Crippen MR) is 66.7 cm³/mol. The summed E-state index contributed by atoms with van der Waals surface area (Å²) in [5.41, 5.74) is -1.40. The Morgan fingerprint density at radius 2 is 2.10 bits per heavy atom. The summed E-state index contributed by atoms with van der Waals surface area (Å²) in [7, 11) is 1.25. The summed E-state index contributed by atoms with van der Waals surface area (Å²) in [5.74, 6) is 0.0343. The Morgan fingerprint density at radius 3 is 2.60 bits per heavy atom. The number of methoxy groups -OCH3 is 1. The first-order valence-corrected chi connectivity index (χ1v) is 5.71. The Bertz CT molecular complexity index is 478. The smallest absolute Gasteiger partial charge is 0.418 e. The molecular formula is C12H15F3N2O3. The van der Waals surface area contributed by atoms with Crippen LogP contribution in [0.3, 0.4) is 0 Å². The lowest BCUT2D eigenvalue weighted by atomic mass is 10.1. The molecule has 0 fully saturated rings. The summed E-state index contributed by atoms with van der Waals surface area (Å²) < 4.78 is 43.4. The number of hydrogen-bond donors (Lipinski definition) is 3. The largest absolute Gasteiger partial charge is 0.497 e. The molecule has 0 heterocycles. The zero-order valence-corrected chi connectivity index (χ0v) is 10.9. The van der Waals surface area contributed by atoms with E-state index in [1.165, 1.54) is 20.1 Å². The van der Waals surface area contributed by atoms with Gasteiger partial charge in [-0.25, -0.2) is 4.79 Å². The molecule has 0 aliphatic carbocycles. The standard InChI is InChI=1S/C12H15F3N2O3/c1-7(6-18)16-11(19)17-10-4-3-8(20-2)5-9(10)12(13,14)15/h3-5,7,18H,6H2,1-2H3,(H2,16,17,19)/t7-/m0/s1. The van der Waals surface area contributed by atoms with E-state index < -0.39 is 23.8 Å². The normalized spacial score (nSPS) is 12.7. The van der Waals surface area contributed by atoms with Crippen LogP contribution in [0, 0.1) is 0 Å². The minimum atomic E-state index is -4.63. The van der Waals surface area contributed by atoms with Crippen molar-refractivity contribution in [3.05, 3.63) is 23.8 Å². The first-order chi connectivity index (χ1) is 9.27. The molecule has 0 saturated heterocycles. The van der Waals surface area contributed by atoms with Crippen molar-refractivity contribution in [2.24, 2.45) is 0 Å². The van der Waals surface area contributed by atoms with Gasteiger partial charge in [0.15, 0.2) is 0 Å². The number of amides is 2. The number of ether oxygens (including phenoxy) is 1. The van der Waals surface area contributed by atoms with E-state index in [1.54, 1.807) is 0 Å². The highest BCUT2D eigenvalue weighted by molar-refractivity contribution is 5.90. The second kappa shape index (κ2) is 6.47. The Hall–Kier alpha value is -1.96. The molecule has 2 amide bonds. The van der Waals surface area contributed by atoms with Gasteiger partial charge in [-0.15, -0.1) is 0 Å². The van der Waals surface area contributed by atoms with Gasteiger partial charge in [-0.05, 0) is 25.1 Å². The van der Waals surface area contributed by atoms with E-state index in [2.05, 4.69) is 10.6 Å². The van der Waals surface area contributed by atoms with Crippen molar-refractivity contribution in [1.82, 2.24) is 5.32 Å². The molecule has 1 rings (SSSR count). The lowest BCUT2D eigenvalue weighted by Crippen LogP contribution is -2.38. The number of alkyl halides is 3. The number of aliphatic hydroxyl groups excluding tert-OH is 1. The first-order valence-electron chi connectivity index (χ1n) is 5.71. The van der Waals surface area contributed by atoms with Gasteiger partial charge >= 0.3 is 12.2 Å². The number of halogens is 3. The molecule has 1 aromatic carbocycles. The Morgan fingerprint density at radius 1 is 1.45 bits per heavy atom. The first kappa shape index (κ1) is 16.1. The summed E-state index contributed by atoms with van der Waals surface area (Å²) in [4.78, 5) is 11.5. The summed E-state index contributed by atoms with van der Waals surface area (Å²) >= 11 is 0. The van der Waals surface area contributed by atoms with Crippen LogP contribution in [0.4, 0.5) is 23.7 Å². The fourth-order valence-corrected chi connectivity index (χ4v) is 1.42. The zero-order valence-electron chi connectivity index (χ0n) is 10.9. The van der Waals surface area contributed by atoms with Gasteiger partial charge in [-0.2, -0.15) is 13.2 Å². The maximum Gasteiger partial charge on any atom is 0.418 e. The molecule has 1 atom stereocenters. The third kappa shape index (κ3) is 4.30. The number of rotatable bonds is 4. The highest BCUT2D eigenvalue weighted by Crippen LogP contribution is 2.37. The molecule has 0 saturated carbocycles. The van der Waals surface area contributed by atoms with Crippen molar-refractivity contribution in [2.75, 3.05) is 19.0 Å². The van der Waals surface area contributed by atoms with E-state index >= 15 is 0 Å². The van der Waals surface area contributed by atoms with E-state index in [0.717, 1.165) is 12.1 Å². The number of anilines is 1. The predicted octanol–water partition coefficient (Wildman–Crippen LogP) is 2.22. The molecule has 20 heavy (non-hydrogen) atoms. The number of benzene rings is 1. The van der Waals surface area contributed by atoms with Crippen LogP contribution in [-0.4, -0.2) is 30.9 Å². The van der Waals surface area contributed by atoms with Crippen molar-refractivity contribution in [1.29, 1.82) is 0 Å². The molecule has 0 unspecified atom stereocenters. The maximum atomic E-state index is 12.9. The number of carbonyl (C=O) groups is 1. The average Bonchev–Trinajstić information content (AvgIpc) is 2.37. The molecule has 0 bridgehead atoms. The van der Waals surface area contributed by atoms with E-state index in [4.69, 9.17) is 9.84 Å². The van der Waals surface area contributed by atoms with Gasteiger partial charge in [-0.3, -0.25) is 0 Å². The van der Waals surface area contributed by atoms with Gasteiger partial charge < -0.3 is 20.5 Å². The fourth-order valence-electron chi connectivity index (χ4n) is 1.42. The van der Waals surface area contributed by atoms with Crippen molar-refractivity contribution in [3.8, 4) is 5.75 Å². The highest BCUT2D eigenvalue weighted by Gasteiger charge is 2.34. The minimum Gasteiger partial charge on any atom is -0.497 e. The number of carbonyl (C=O) groups excluding carboxylic acids is 1. The molecule has 0 aliphatic rings. The van der Waals surface area contributed by atoms with Crippen LogP contribution in [-0.2, 0) is 6.18 Å². The maximum absolute atomic E-state index is 12.9. The van der Waals surface area contributed by atoms with E-state index in [-0.39, 0.29) is 18.0 Å². The number of nitrogens with one attached hydrogen (secondary N) is 2. The SMILES string of the molecule is COc1ccc(NC(=O)N[C@@H](C)CO)c(C(F)(F)F)c1. The van der Waals surface area contributed by atoms with Crippen LogP contribution < -0.4 is 15.4 Å². The number of hydrogen-bond acceptors (Lipinski definition) is 3. The van der Waals surface area contributed by atoms with Gasteiger partial charge in [0.2, 0.25) is 0 Å². The molecule has 0 aromatic heterocycles. The Kier molecular flexibility index (Phi) is 5.20. The monoisotopic (exact) mass is 292 g/mol. The molecular weight excluding hydrogens is 277 g/mol. The van der Waals surface area contributed by atoms with E-state index in [1.807, 2.05) is 0 Å². The molecule has 5 nitrogen and oxygen atoms in total. The molecule has 1 aromatic rings. The van der Waals surface area contributed by atoms with Crippen LogP contribution in [0.15, 0.2) is 18.2 Å². The van der Waals surface area contributed by atoms with Crippen LogP contribution in [0.1, 0.15) is 12.5 Å². The van der Waals surface area contributed by atoms with E-state index in [9.17, 15) is 18.0 Å². The topological polar surface area (TPSA) is 70.6 Å². The summed E-state index contributed by atoms with van der Waals surface area (Å²) in [6.45, 7) is 1.19. The summed E-state index contributed by atoms with van der Waals surface area (Å²) in [6.07, 6.45) is -4.63. The highest BCUT2D eigenvalue weighted by atomic mass is 19.4. The van der Waals surface area contributed by atoms with Gasteiger partial charge in [-0.1, -0.05) is 0 Å². The van der Waals surface area contributed by atoms with Crippen molar-refractivity contribution < 1.29 is 27.8 Å². The van der Waals surface area contributed by atoms with Gasteiger partial charge in [0.1, 0.15) is 5.75 Å². The van der Waals surface area contributed by atoms with Crippen LogP contribution in [0.2, 0.25) is 0 Å². The lowest BCUT2D eigenvalue weighted by molar-refractivity contribution is -0.137. The molecule has 0 spiro atoms. The van der Waals surface area contributed by atoms with Gasteiger partial charge in [0.05, 0.1) is 31.0 Å². The van der Waals surface area contributed by atoms with Crippen molar-refractivity contribution >= 4 is 11.7 Å². The quantitative estimate of drug-likeness (QED) is 0.797. The van der Waals surface area contributed by atoms with Gasteiger partial charge in [0.25, 0.3) is 0 Å². The lowest BCUT2D eigenvalue weighted by Gasteiger charge is -2.16. The van der Waals surface area contributed by atoms with Gasteiger partial charge in [0, 0.05) is 0 Å². The number of aliphatic hydroxyl groups is 1. The van der Waals surface area contributed by atoms with Crippen LogP contribution in [0.25, 0.3) is 0 Å². The summed E-state index contributed by atoms with van der Waals surface area (Å²) in [6, 6.07) is 1.81. The molecule has 0 radical (unpaired) electrons.